The van der Waals surface area contributed by atoms with Crippen LogP contribution in [0.2, 0.25) is 0 Å². The van der Waals surface area contributed by atoms with Gasteiger partial charge in [0.2, 0.25) is 11.8 Å². The monoisotopic (exact) mass is 329 g/mol. The van der Waals surface area contributed by atoms with Gasteiger partial charge in [0, 0.05) is 25.4 Å². The molecule has 0 aliphatic carbocycles. The van der Waals surface area contributed by atoms with Gasteiger partial charge in [-0.3, -0.25) is 19.5 Å². The zero-order valence-electron chi connectivity index (χ0n) is 12.7. The van der Waals surface area contributed by atoms with E-state index in [1.165, 1.54) is 4.57 Å². The van der Waals surface area contributed by atoms with Gasteiger partial charge < -0.3 is 14.1 Å². The molecule has 1 unspecified atom stereocenters. The third-order valence-corrected chi connectivity index (χ3v) is 4.58. The molecule has 2 fully saturated rings. The smallest absolute Gasteiger partial charge is 0.405 e. The second-order valence-corrected chi connectivity index (χ2v) is 6.13. The number of aldehydes is 1. The van der Waals surface area contributed by atoms with Crippen LogP contribution in [0.1, 0.15) is 18.9 Å². The van der Waals surface area contributed by atoms with Crippen molar-refractivity contribution in [3.8, 4) is 0 Å². The maximum Gasteiger partial charge on any atom is 0.420 e. The van der Waals surface area contributed by atoms with Gasteiger partial charge in [-0.25, -0.2) is 4.79 Å². The van der Waals surface area contributed by atoms with Crippen molar-refractivity contribution in [2.75, 3.05) is 18.0 Å². The lowest BCUT2D eigenvalue weighted by Crippen LogP contribution is -2.47. The number of rotatable bonds is 3. The summed E-state index contributed by atoms with van der Waals surface area (Å²) in [5, 5.41) is 2.25. The predicted molar refractivity (Wildman–Crippen MR) is 83.7 cm³/mol. The molecule has 3 heterocycles. The number of nitrogens with one attached hydrogen (secondary N) is 1. The van der Waals surface area contributed by atoms with Crippen LogP contribution in [0.3, 0.4) is 0 Å². The van der Waals surface area contributed by atoms with Crippen molar-refractivity contribution in [1.82, 2.24) is 9.88 Å². The maximum atomic E-state index is 12.3. The quantitative estimate of drug-likeness (QED) is 0.638. The molecule has 0 bridgehead atoms. The number of benzene rings is 1. The lowest BCUT2D eigenvalue weighted by Gasteiger charge is -2.37. The lowest BCUT2D eigenvalue weighted by molar-refractivity contribution is -0.135. The molecular formula is C16H15N3O5. The number of hydrogen-bond donors (Lipinski definition) is 1. The number of aromatic nitrogens is 1. The molecule has 4 rings (SSSR count). The summed E-state index contributed by atoms with van der Waals surface area (Å²) in [4.78, 5) is 48.5. The first-order chi connectivity index (χ1) is 11.6. The molecule has 2 aromatic rings. The zero-order chi connectivity index (χ0) is 16.8. The second-order valence-electron chi connectivity index (χ2n) is 6.13. The number of piperidine rings is 1. The highest BCUT2D eigenvalue weighted by atomic mass is 16.4. The standard InChI is InChI=1S/C16H15N3O5/c20-8-9-6-18(7-9)10-2-1-3-11-14(10)24-16(23)19(11)12-4-5-13(21)17-15(12)22/h1-3,8-9,12H,4-7H2,(H,17,21,22). The third-order valence-electron chi connectivity index (χ3n) is 4.58. The highest BCUT2D eigenvalue weighted by Gasteiger charge is 2.33. The molecule has 1 atom stereocenters. The van der Waals surface area contributed by atoms with E-state index in [0.717, 1.165) is 12.0 Å². The first-order valence-corrected chi connectivity index (χ1v) is 7.76. The van der Waals surface area contributed by atoms with E-state index in [1.54, 1.807) is 12.1 Å². The molecular weight excluding hydrogens is 314 g/mol. The molecule has 124 valence electrons. The van der Waals surface area contributed by atoms with E-state index in [9.17, 15) is 19.2 Å². The van der Waals surface area contributed by atoms with E-state index in [-0.39, 0.29) is 24.7 Å². The molecule has 0 spiro atoms. The van der Waals surface area contributed by atoms with Crippen molar-refractivity contribution in [3.63, 3.8) is 0 Å². The molecule has 2 saturated heterocycles. The summed E-state index contributed by atoms with van der Waals surface area (Å²) in [5.74, 6) is -1.46. The summed E-state index contributed by atoms with van der Waals surface area (Å²) < 4.78 is 6.70. The Morgan fingerprint density at radius 1 is 1.21 bits per heavy atom. The van der Waals surface area contributed by atoms with Crippen LogP contribution in [0.15, 0.2) is 27.4 Å². The number of carbonyl (C=O) groups is 3. The second kappa shape index (κ2) is 5.33. The Balaban J connectivity index is 1.77. The van der Waals surface area contributed by atoms with Gasteiger partial charge in [0.15, 0.2) is 5.58 Å². The van der Waals surface area contributed by atoms with Crippen LogP contribution in [0.25, 0.3) is 11.1 Å². The number of carbonyl (C=O) groups excluding carboxylic acids is 3. The number of fused-ring (bicyclic) bond motifs is 1. The van der Waals surface area contributed by atoms with Crippen molar-refractivity contribution in [1.29, 1.82) is 0 Å². The van der Waals surface area contributed by atoms with Gasteiger partial charge in [-0.1, -0.05) is 6.07 Å². The first kappa shape index (κ1) is 14.7. The number of oxazole rings is 1. The molecule has 8 heteroatoms. The molecule has 8 nitrogen and oxygen atoms in total. The van der Waals surface area contributed by atoms with E-state index in [1.807, 2.05) is 11.0 Å². The van der Waals surface area contributed by atoms with Gasteiger partial charge in [-0.15, -0.1) is 0 Å². The van der Waals surface area contributed by atoms with Crippen LogP contribution in [0.5, 0.6) is 0 Å². The van der Waals surface area contributed by atoms with E-state index in [4.69, 9.17) is 4.42 Å². The molecule has 0 saturated carbocycles. The number of amides is 2. The van der Waals surface area contributed by atoms with Crippen LogP contribution in [0, 0.1) is 5.92 Å². The van der Waals surface area contributed by atoms with Crippen molar-refractivity contribution in [3.05, 3.63) is 28.7 Å². The molecule has 2 aliphatic heterocycles. The van der Waals surface area contributed by atoms with Crippen molar-refractivity contribution in [2.24, 2.45) is 5.92 Å². The normalized spacial score (nSPS) is 21.7. The van der Waals surface area contributed by atoms with Crippen molar-refractivity contribution >= 4 is 34.9 Å². The molecule has 24 heavy (non-hydrogen) atoms. The average Bonchev–Trinajstić information content (AvgIpc) is 2.83. The fourth-order valence-corrected chi connectivity index (χ4v) is 3.31. The van der Waals surface area contributed by atoms with Gasteiger partial charge in [0.1, 0.15) is 12.3 Å². The molecule has 0 radical (unpaired) electrons. The van der Waals surface area contributed by atoms with Gasteiger partial charge in [0.05, 0.1) is 11.2 Å². The minimum Gasteiger partial charge on any atom is -0.405 e. The van der Waals surface area contributed by atoms with Crippen LogP contribution >= 0.6 is 0 Å². The number of anilines is 1. The highest BCUT2D eigenvalue weighted by Crippen LogP contribution is 2.32. The van der Waals surface area contributed by atoms with Gasteiger partial charge >= 0.3 is 5.76 Å². The summed E-state index contributed by atoms with van der Waals surface area (Å²) >= 11 is 0. The average molecular weight is 329 g/mol. The summed E-state index contributed by atoms with van der Waals surface area (Å²) in [6.45, 7) is 1.16. The Kier molecular flexibility index (Phi) is 3.26. The van der Waals surface area contributed by atoms with E-state index < -0.39 is 17.7 Å². The number of nitrogens with zero attached hydrogens (tertiary/aromatic N) is 2. The Morgan fingerprint density at radius 3 is 2.71 bits per heavy atom. The van der Waals surface area contributed by atoms with Crippen LogP contribution in [-0.4, -0.2) is 35.8 Å². The molecule has 2 amide bonds. The van der Waals surface area contributed by atoms with Crippen molar-refractivity contribution < 1.29 is 18.8 Å². The Labute approximate surface area is 136 Å². The number of imide groups is 1. The van der Waals surface area contributed by atoms with Crippen LogP contribution < -0.4 is 16.0 Å². The summed E-state index contributed by atoms with van der Waals surface area (Å²) in [6.07, 6.45) is 1.37. The molecule has 1 aromatic carbocycles. The topological polar surface area (TPSA) is 102 Å². The SMILES string of the molecule is O=CC1CN(c2cccc3c2oc(=O)n3C2CCC(=O)NC2=O)C1. The predicted octanol–water partition coefficient (Wildman–Crippen LogP) is 0.207. The lowest BCUT2D eigenvalue weighted by atomic mass is 10.0. The molecule has 1 aromatic heterocycles. The van der Waals surface area contributed by atoms with Crippen molar-refractivity contribution in [2.45, 2.75) is 18.9 Å². The highest BCUT2D eigenvalue weighted by molar-refractivity contribution is 6.00. The molecule has 2 aliphatic rings. The van der Waals surface area contributed by atoms with Gasteiger partial charge in [-0.2, -0.15) is 0 Å². The zero-order valence-corrected chi connectivity index (χ0v) is 12.7. The largest absolute Gasteiger partial charge is 0.420 e. The van der Waals surface area contributed by atoms with Gasteiger partial charge in [0.25, 0.3) is 0 Å². The van der Waals surface area contributed by atoms with E-state index in [0.29, 0.717) is 24.2 Å². The summed E-state index contributed by atoms with van der Waals surface area (Å²) in [7, 11) is 0. The molecule has 1 N–H and O–H groups in total. The Bertz CT molecular complexity index is 906. The Morgan fingerprint density at radius 2 is 2.00 bits per heavy atom. The minimum atomic E-state index is -0.759. The summed E-state index contributed by atoms with van der Waals surface area (Å²) in [6, 6.07) is 4.56. The fourth-order valence-electron chi connectivity index (χ4n) is 3.31. The van der Waals surface area contributed by atoms with E-state index in [2.05, 4.69) is 5.32 Å². The maximum absolute atomic E-state index is 12.3. The Hall–Kier alpha value is -2.90. The number of para-hydroxylation sites is 1. The van der Waals surface area contributed by atoms with Crippen LogP contribution in [0.4, 0.5) is 5.69 Å². The van der Waals surface area contributed by atoms with Crippen LogP contribution in [-0.2, 0) is 14.4 Å². The van der Waals surface area contributed by atoms with E-state index >= 15 is 0 Å². The first-order valence-electron chi connectivity index (χ1n) is 7.76. The number of hydrogen-bond acceptors (Lipinski definition) is 6. The summed E-state index contributed by atoms with van der Waals surface area (Å²) in [5.41, 5.74) is 1.65. The minimum absolute atomic E-state index is 0.0100. The van der Waals surface area contributed by atoms with Gasteiger partial charge in [-0.05, 0) is 18.6 Å². The third kappa shape index (κ3) is 2.14. The fraction of sp³-hybridized carbons (Fsp3) is 0.375.